The number of para-hydroxylation sites is 1. The van der Waals surface area contributed by atoms with Crippen molar-refractivity contribution in [2.75, 3.05) is 11.9 Å². The Bertz CT molecular complexity index is 945. The molecule has 2 aromatic heterocycles. The van der Waals surface area contributed by atoms with Gasteiger partial charge in [-0.15, -0.1) is 16.4 Å². The van der Waals surface area contributed by atoms with Gasteiger partial charge in [-0.05, 0) is 31.0 Å². The van der Waals surface area contributed by atoms with E-state index in [9.17, 15) is 9.59 Å². The molecule has 0 radical (unpaired) electrons. The molecule has 1 amide bonds. The minimum Gasteiger partial charge on any atom is -0.462 e. The normalized spacial score (nSPS) is 11.1. The lowest BCUT2D eigenvalue weighted by atomic mass is 10.1. The molecule has 0 fully saturated rings. The van der Waals surface area contributed by atoms with Crippen LogP contribution in [-0.2, 0) is 16.1 Å². The van der Waals surface area contributed by atoms with Crippen molar-refractivity contribution >= 4 is 39.2 Å². The molecule has 136 valence electrons. The second-order valence-corrected chi connectivity index (χ2v) is 7.13. The number of hydrogen-bond donors (Lipinski definition) is 1. The molecule has 0 unspecified atom stereocenters. The summed E-state index contributed by atoms with van der Waals surface area (Å²) >= 11 is 1.39. The lowest BCUT2D eigenvalue weighted by molar-refractivity contribution is -0.116. The van der Waals surface area contributed by atoms with Crippen molar-refractivity contribution in [1.82, 2.24) is 15.0 Å². The van der Waals surface area contributed by atoms with Crippen LogP contribution >= 0.6 is 11.3 Å². The number of benzene rings is 1. The zero-order valence-corrected chi connectivity index (χ0v) is 15.7. The monoisotopic (exact) mass is 372 g/mol. The second kappa shape index (κ2) is 7.65. The van der Waals surface area contributed by atoms with Crippen LogP contribution in [0.3, 0.4) is 0 Å². The fourth-order valence-corrected chi connectivity index (χ4v) is 3.55. The molecular formula is C18H20N4O3S. The highest BCUT2D eigenvalue weighted by Crippen LogP contribution is 2.33. The van der Waals surface area contributed by atoms with Crippen molar-refractivity contribution in [1.29, 1.82) is 0 Å². The standard InChI is InChI=1S/C18H20N4O3S/c1-4-25-18(24)12-9-15(11(2)3)26-17(12)19-16(23)10-22-14-8-6-5-7-13(14)20-21-22/h5-9,11H,4,10H2,1-3H3,(H,19,23). The van der Waals surface area contributed by atoms with E-state index in [0.717, 1.165) is 15.9 Å². The van der Waals surface area contributed by atoms with Gasteiger partial charge in [0.2, 0.25) is 5.91 Å². The quantitative estimate of drug-likeness (QED) is 0.670. The third-order valence-corrected chi connectivity index (χ3v) is 5.13. The first-order valence-corrected chi connectivity index (χ1v) is 9.20. The number of aromatic nitrogens is 3. The number of hydrogen-bond acceptors (Lipinski definition) is 6. The van der Waals surface area contributed by atoms with Gasteiger partial charge in [-0.3, -0.25) is 4.79 Å². The van der Waals surface area contributed by atoms with E-state index in [1.165, 1.54) is 16.0 Å². The van der Waals surface area contributed by atoms with Crippen LogP contribution in [-0.4, -0.2) is 33.5 Å². The maximum Gasteiger partial charge on any atom is 0.341 e. The second-order valence-electron chi connectivity index (χ2n) is 6.05. The predicted molar refractivity (Wildman–Crippen MR) is 101 cm³/mol. The third-order valence-electron chi connectivity index (χ3n) is 3.78. The van der Waals surface area contributed by atoms with Crippen molar-refractivity contribution in [2.45, 2.75) is 33.2 Å². The molecule has 0 saturated heterocycles. The van der Waals surface area contributed by atoms with Crippen molar-refractivity contribution in [2.24, 2.45) is 0 Å². The van der Waals surface area contributed by atoms with E-state index in [1.807, 2.05) is 38.1 Å². The Morgan fingerprint density at radius 1 is 1.31 bits per heavy atom. The van der Waals surface area contributed by atoms with Crippen LogP contribution in [0.1, 0.15) is 41.9 Å². The molecule has 1 N–H and O–H groups in total. The van der Waals surface area contributed by atoms with E-state index >= 15 is 0 Å². The molecule has 0 aliphatic carbocycles. The Morgan fingerprint density at radius 3 is 2.81 bits per heavy atom. The van der Waals surface area contributed by atoms with Gasteiger partial charge in [0.1, 0.15) is 17.1 Å². The van der Waals surface area contributed by atoms with Crippen LogP contribution in [0.5, 0.6) is 0 Å². The zero-order chi connectivity index (χ0) is 18.7. The number of fused-ring (bicyclic) bond motifs is 1. The molecule has 3 aromatic rings. The molecule has 7 nitrogen and oxygen atoms in total. The average Bonchev–Trinajstić information content (AvgIpc) is 3.20. The SMILES string of the molecule is CCOC(=O)c1cc(C(C)C)sc1NC(=O)Cn1nnc2ccccc21. The number of amides is 1. The fourth-order valence-electron chi connectivity index (χ4n) is 2.48. The van der Waals surface area contributed by atoms with Crippen molar-refractivity contribution in [3.63, 3.8) is 0 Å². The van der Waals surface area contributed by atoms with Crippen LogP contribution in [0.4, 0.5) is 5.00 Å². The van der Waals surface area contributed by atoms with Crippen LogP contribution in [0.25, 0.3) is 11.0 Å². The first kappa shape index (κ1) is 18.1. The van der Waals surface area contributed by atoms with E-state index in [2.05, 4.69) is 15.6 Å². The van der Waals surface area contributed by atoms with E-state index in [4.69, 9.17) is 4.74 Å². The largest absolute Gasteiger partial charge is 0.462 e. The minimum atomic E-state index is -0.433. The smallest absolute Gasteiger partial charge is 0.341 e. The molecule has 0 saturated carbocycles. The van der Waals surface area contributed by atoms with Gasteiger partial charge in [0.15, 0.2) is 0 Å². The highest BCUT2D eigenvalue weighted by atomic mass is 32.1. The van der Waals surface area contributed by atoms with Gasteiger partial charge in [0.25, 0.3) is 0 Å². The van der Waals surface area contributed by atoms with Crippen LogP contribution in [0.15, 0.2) is 30.3 Å². The zero-order valence-electron chi connectivity index (χ0n) is 14.9. The summed E-state index contributed by atoms with van der Waals surface area (Å²) in [6, 6.07) is 9.21. The summed E-state index contributed by atoms with van der Waals surface area (Å²) in [6.07, 6.45) is 0. The summed E-state index contributed by atoms with van der Waals surface area (Å²) < 4.78 is 6.63. The number of nitrogens with one attached hydrogen (secondary N) is 1. The van der Waals surface area contributed by atoms with E-state index < -0.39 is 5.97 Å². The molecule has 1 aromatic carbocycles. The fraction of sp³-hybridized carbons (Fsp3) is 0.333. The summed E-state index contributed by atoms with van der Waals surface area (Å²) in [5.41, 5.74) is 1.89. The van der Waals surface area contributed by atoms with Gasteiger partial charge in [0.05, 0.1) is 17.7 Å². The number of thiophene rings is 1. The summed E-state index contributed by atoms with van der Waals surface area (Å²) in [5, 5.41) is 11.4. The van der Waals surface area contributed by atoms with Gasteiger partial charge in [-0.2, -0.15) is 0 Å². The van der Waals surface area contributed by atoms with Gasteiger partial charge < -0.3 is 10.1 Å². The maximum absolute atomic E-state index is 12.5. The van der Waals surface area contributed by atoms with E-state index in [-0.39, 0.29) is 25.0 Å². The van der Waals surface area contributed by atoms with Gasteiger partial charge in [0, 0.05) is 4.88 Å². The first-order chi connectivity index (χ1) is 12.5. The molecule has 3 rings (SSSR count). The number of rotatable bonds is 6. The molecule has 0 atom stereocenters. The number of anilines is 1. The minimum absolute atomic E-state index is 0.0116. The summed E-state index contributed by atoms with van der Waals surface area (Å²) in [7, 11) is 0. The molecule has 2 heterocycles. The molecule has 0 spiro atoms. The number of carbonyl (C=O) groups excluding carboxylic acids is 2. The van der Waals surface area contributed by atoms with Crippen molar-refractivity contribution < 1.29 is 14.3 Å². The van der Waals surface area contributed by atoms with Crippen molar-refractivity contribution in [3.8, 4) is 0 Å². The number of carbonyl (C=O) groups is 2. The Balaban J connectivity index is 1.81. The number of esters is 1. The van der Waals surface area contributed by atoms with Gasteiger partial charge in [-0.25, -0.2) is 9.48 Å². The first-order valence-electron chi connectivity index (χ1n) is 8.38. The number of nitrogens with zero attached hydrogens (tertiary/aromatic N) is 3. The Kier molecular flexibility index (Phi) is 5.32. The van der Waals surface area contributed by atoms with Gasteiger partial charge >= 0.3 is 5.97 Å². The molecule has 0 bridgehead atoms. The van der Waals surface area contributed by atoms with Crippen LogP contribution in [0, 0.1) is 0 Å². The lowest BCUT2D eigenvalue weighted by Crippen LogP contribution is -2.20. The lowest BCUT2D eigenvalue weighted by Gasteiger charge is -2.06. The van der Waals surface area contributed by atoms with E-state index in [1.54, 1.807) is 13.0 Å². The molecule has 0 aliphatic heterocycles. The predicted octanol–water partition coefficient (Wildman–Crippen LogP) is 3.43. The highest BCUT2D eigenvalue weighted by molar-refractivity contribution is 7.16. The summed E-state index contributed by atoms with van der Waals surface area (Å²) in [4.78, 5) is 25.7. The summed E-state index contributed by atoms with van der Waals surface area (Å²) in [6.45, 7) is 6.12. The molecular weight excluding hydrogens is 352 g/mol. The Morgan fingerprint density at radius 2 is 2.08 bits per heavy atom. The molecule has 8 heteroatoms. The summed E-state index contributed by atoms with van der Waals surface area (Å²) in [5.74, 6) is -0.460. The molecule has 0 aliphatic rings. The topological polar surface area (TPSA) is 86.1 Å². The van der Waals surface area contributed by atoms with Crippen LogP contribution < -0.4 is 5.32 Å². The van der Waals surface area contributed by atoms with E-state index in [0.29, 0.717) is 10.6 Å². The Labute approximate surface area is 155 Å². The Hall–Kier alpha value is -2.74. The number of ether oxygens (including phenoxy) is 1. The highest BCUT2D eigenvalue weighted by Gasteiger charge is 2.20. The molecule has 26 heavy (non-hydrogen) atoms. The third kappa shape index (κ3) is 3.75. The van der Waals surface area contributed by atoms with Crippen LogP contribution in [0.2, 0.25) is 0 Å². The maximum atomic E-state index is 12.5. The average molecular weight is 372 g/mol. The van der Waals surface area contributed by atoms with Crippen molar-refractivity contribution in [3.05, 3.63) is 40.8 Å². The van der Waals surface area contributed by atoms with Gasteiger partial charge in [-0.1, -0.05) is 31.2 Å².